The highest BCUT2D eigenvalue weighted by Crippen LogP contribution is 2.00. The quantitative estimate of drug-likeness (QED) is 0.466. The third-order valence-corrected chi connectivity index (χ3v) is 1.16. The molecule has 0 aromatic carbocycles. The molecule has 0 radical (unpaired) electrons. The Balaban J connectivity index is 3.16. The van der Waals surface area contributed by atoms with Crippen LogP contribution in [0.5, 0.6) is 0 Å². The molecule has 0 saturated heterocycles. The van der Waals surface area contributed by atoms with Gasteiger partial charge in [0.25, 0.3) is 0 Å². The van der Waals surface area contributed by atoms with Crippen molar-refractivity contribution in [1.29, 1.82) is 0 Å². The van der Waals surface area contributed by atoms with Crippen LogP contribution in [0.4, 0.5) is 0 Å². The molecule has 0 heterocycles. The molecule has 0 spiro atoms. The minimum Gasteiger partial charge on any atom is -0.0914 e. The van der Waals surface area contributed by atoms with Gasteiger partial charge in [0.2, 0.25) is 0 Å². The minimum atomic E-state index is 0.769. The van der Waals surface area contributed by atoms with E-state index in [2.05, 4.69) is 32.9 Å². The molecule has 0 rings (SSSR count). The van der Waals surface area contributed by atoms with Crippen LogP contribution in [0.2, 0.25) is 0 Å². The molecule has 7 heavy (non-hydrogen) atoms. The number of rotatable bonds is 2. The molecule has 0 fully saturated rings. The summed E-state index contributed by atoms with van der Waals surface area (Å²) in [6.45, 7) is 6.48. The smallest absolute Gasteiger partial charge is 0.0265 e. The molecule has 0 aromatic rings. The van der Waals surface area contributed by atoms with Crippen molar-refractivity contribution in [2.45, 2.75) is 27.2 Å². The van der Waals surface area contributed by atoms with Crippen molar-refractivity contribution in [3.8, 4) is 0 Å². The Morgan fingerprint density at radius 1 is 1.57 bits per heavy atom. The van der Waals surface area contributed by atoms with Crippen molar-refractivity contribution in [1.82, 2.24) is 0 Å². The Hall–Kier alpha value is -0.260. The van der Waals surface area contributed by atoms with Gasteiger partial charge in [-0.3, -0.25) is 0 Å². The summed E-state index contributed by atoms with van der Waals surface area (Å²) in [7, 11) is 0. The van der Waals surface area contributed by atoms with Crippen LogP contribution in [0, 0.1) is 5.92 Å². The molecule has 0 aromatic heterocycles. The Bertz CT molecular complexity index is 53.1. The van der Waals surface area contributed by atoms with Gasteiger partial charge in [-0.05, 0) is 12.8 Å². The summed E-state index contributed by atoms with van der Waals surface area (Å²) in [5, 5.41) is 0. The van der Waals surface area contributed by atoms with E-state index in [0.717, 1.165) is 5.92 Å². The number of hydrogen-bond acceptors (Lipinski definition) is 0. The lowest BCUT2D eigenvalue weighted by molar-refractivity contribution is 0.697. The van der Waals surface area contributed by atoms with Gasteiger partial charge in [0.15, 0.2) is 0 Å². The lowest BCUT2D eigenvalue weighted by Crippen LogP contribution is -1.81. The Labute approximate surface area is 46.2 Å². The maximum atomic E-state index is 2.22. The maximum Gasteiger partial charge on any atom is -0.0265 e. The lowest BCUT2D eigenvalue weighted by atomic mass is 10.1. The van der Waals surface area contributed by atoms with Crippen molar-refractivity contribution in [2.24, 2.45) is 5.92 Å². The summed E-state index contributed by atoms with van der Waals surface area (Å²) in [6, 6.07) is 0. The molecule has 42 valence electrons. The van der Waals surface area contributed by atoms with Crippen LogP contribution in [0.1, 0.15) is 27.2 Å². The first-order valence-corrected chi connectivity index (χ1v) is 2.94. The molecule has 0 saturated carbocycles. The highest BCUT2D eigenvalue weighted by Gasteiger charge is 1.85. The second kappa shape index (κ2) is 3.91. The Morgan fingerprint density at radius 2 is 2.14 bits per heavy atom. The first-order valence-electron chi connectivity index (χ1n) is 2.94. The molecule has 0 heteroatoms. The van der Waals surface area contributed by atoms with E-state index in [1.807, 2.05) is 0 Å². The van der Waals surface area contributed by atoms with Crippen molar-refractivity contribution in [3.63, 3.8) is 0 Å². The molecule has 0 unspecified atom stereocenters. The van der Waals surface area contributed by atoms with Gasteiger partial charge in [0, 0.05) is 0 Å². The zero-order chi connectivity index (χ0) is 5.70. The fraction of sp³-hybridized carbons (Fsp3) is 0.714. The molecule has 0 aliphatic rings. The van der Waals surface area contributed by atoms with E-state index in [0.29, 0.717) is 0 Å². The molecule has 0 nitrogen and oxygen atoms in total. The zero-order valence-electron chi connectivity index (χ0n) is 5.44. The van der Waals surface area contributed by atoms with Gasteiger partial charge in [-0.25, -0.2) is 0 Å². The van der Waals surface area contributed by atoms with E-state index in [1.54, 1.807) is 0 Å². The third kappa shape index (κ3) is 3.57. The van der Waals surface area contributed by atoms with Crippen molar-refractivity contribution >= 4 is 0 Å². The van der Waals surface area contributed by atoms with E-state index < -0.39 is 0 Å². The molecule has 0 N–H and O–H groups in total. The molecule has 0 amide bonds. The Morgan fingerprint density at radius 3 is 2.29 bits per heavy atom. The van der Waals surface area contributed by atoms with Gasteiger partial charge in [-0.15, -0.1) is 0 Å². The third-order valence-electron chi connectivity index (χ3n) is 1.16. The van der Waals surface area contributed by atoms with Gasteiger partial charge >= 0.3 is 0 Å². The lowest BCUT2D eigenvalue weighted by Gasteiger charge is -1.95. The topological polar surface area (TPSA) is 0 Å². The molecule has 0 aliphatic heterocycles. The fourth-order valence-corrected chi connectivity index (χ4v) is 0.465. The molecule has 1 atom stereocenters. The molecular weight excluding hydrogens is 84.1 g/mol. The van der Waals surface area contributed by atoms with Crippen LogP contribution in [0.25, 0.3) is 0 Å². The summed E-state index contributed by atoms with van der Waals surface area (Å²) < 4.78 is 0. The first kappa shape index (κ1) is 6.74. The van der Waals surface area contributed by atoms with Crippen molar-refractivity contribution in [3.05, 3.63) is 12.2 Å². The number of hydrogen-bond donors (Lipinski definition) is 0. The van der Waals surface area contributed by atoms with E-state index in [4.69, 9.17) is 0 Å². The monoisotopic (exact) mass is 98.1 g/mol. The average Bonchev–Trinajstić information content (AvgIpc) is 1.68. The summed E-state index contributed by atoms with van der Waals surface area (Å²) in [6.07, 6.45) is 5.58. The standard InChI is InChI=1S/C7H14/c1-4-6-7(3)5-2/h4,6-7H,5H2,1-3H3/t7-/m0/s1. The highest BCUT2D eigenvalue weighted by atomic mass is 13.9. The van der Waals surface area contributed by atoms with Crippen LogP contribution in [0.15, 0.2) is 12.2 Å². The first-order chi connectivity index (χ1) is 3.31. The van der Waals surface area contributed by atoms with Crippen LogP contribution < -0.4 is 0 Å². The average molecular weight is 98.2 g/mol. The zero-order valence-corrected chi connectivity index (χ0v) is 5.44. The summed E-state index contributed by atoms with van der Waals surface area (Å²) in [4.78, 5) is 0. The number of allylic oxidation sites excluding steroid dienone is 2. The largest absolute Gasteiger partial charge is 0.0914 e. The van der Waals surface area contributed by atoms with E-state index in [1.165, 1.54) is 6.42 Å². The second-order valence-corrected chi connectivity index (χ2v) is 1.91. The molecular formula is C7H14. The maximum absolute atomic E-state index is 2.22. The molecule has 0 bridgehead atoms. The van der Waals surface area contributed by atoms with E-state index >= 15 is 0 Å². The Kier molecular flexibility index (Phi) is 3.77. The second-order valence-electron chi connectivity index (χ2n) is 1.91. The summed E-state index contributed by atoms with van der Waals surface area (Å²) >= 11 is 0. The predicted octanol–water partition coefficient (Wildman–Crippen LogP) is 2.61. The van der Waals surface area contributed by atoms with Crippen LogP contribution in [0.3, 0.4) is 0 Å². The minimum absolute atomic E-state index is 0.769. The van der Waals surface area contributed by atoms with Gasteiger partial charge in [0.05, 0.1) is 0 Å². The molecule has 0 aliphatic carbocycles. The highest BCUT2D eigenvalue weighted by molar-refractivity contribution is 4.81. The van der Waals surface area contributed by atoms with Gasteiger partial charge < -0.3 is 0 Å². The summed E-state index contributed by atoms with van der Waals surface area (Å²) in [5.74, 6) is 0.769. The van der Waals surface area contributed by atoms with E-state index in [9.17, 15) is 0 Å². The van der Waals surface area contributed by atoms with Gasteiger partial charge in [-0.1, -0.05) is 32.4 Å². The predicted molar refractivity (Wildman–Crippen MR) is 34.3 cm³/mol. The van der Waals surface area contributed by atoms with Gasteiger partial charge in [-0.2, -0.15) is 0 Å². The van der Waals surface area contributed by atoms with Crippen molar-refractivity contribution in [2.75, 3.05) is 0 Å². The van der Waals surface area contributed by atoms with Crippen LogP contribution in [-0.2, 0) is 0 Å². The SMILES string of the molecule is CC=C[C@@H](C)CC. The summed E-state index contributed by atoms with van der Waals surface area (Å²) in [5.41, 5.74) is 0. The fourth-order valence-electron chi connectivity index (χ4n) is 0.465. The van der Waals surface area contributed by atoms with E-state index in [-0.39, 0.29) is 0 Å². The van der Waals surface area contributed by atoms with Crippen molar-refractivity contribution < 1.29 is 0 Å². The normalized spacial score (nSPS) is 15.3. The van der Waals surface area contributed by atoms with Crippen LogP contribution >= 0.6 is 0 Å². The van der Waals surface area contributed by atoms with Gasteiger partial charge in [0.1, 0.15) is 0 Å². The van der Waals surface area contributed by atoms with Crippen LogP contribution in [-0.4, -0.2) is 0 Å².